The molecule has 7 nitrogen and oxygen atoms in total. The normalized spacial score (nSPS) is 14.7. The first-order valence-corrected chi connectivity index (χ1v) is 7.34. The van der Waals surface area contributed by atoms with Gasteiger partial charge < -0.3 is 10.6 Å². The van der Waals surface area contributed by atoms with Crippen LogP contribution in [0.5, 0.6) is 0 Å². The maximum atomic E-state index is 12.0. The van der Waals surface area contributed by atoms with Crippen molar-refractivity contribution in [3.63, 3.8) is 0 Å². The van der Waals surface area contributed by atoms with Crippen LogP contribution in [0.3, 0.4) is 0 Å². The molecular formula is C15H18N4O3. The molecule has 1 amide bonds. The number of rotatable bonds is 5. The minimum atomic E-state index is -0.486. The Hall–Kier alpha value is -2.41. The fourth-order valence-electron chi connectivity index (χ4n) is 2.52. The van der Waals surface area contributed by atoms with Gasteiger partial charge in [-0.1, -0.05) is 12.1 Å². The van der Waals surface area contributed by atoms with Crippen molar-refractivity contribution in [3.05, 3.63) is 45.1 Å². The summed E-state index contributed by atoms with van der Waals surface area (Å²) in [5, 5.41) is 6.46. The molecule has 22 heavy (non-hydrogen) atoms. The van der Waals surface area contributed by atoms with Gasteiger partial charge in [0.05, 0.1) is 10.9 Å². The van der Waals surface area contributed by atoms with Gasteiger partial charge in [0.15, 0.2) is 0 Å². The zero-order valence-electron chi connectivity index (χ0n) is 12.1. The van der Waals surface area contributed by atoms with Crippen molar-refractivity contribution in [2.24, 2.45) is 5.92 Å². The Morgan fingerprint density at radius 2 is 2.05 bits per heavy atom. The molecule has 0 bridgehead atoms. The van der Waals surface area contributed by atoms with Crippen molar-refractivity contribution in [1.29, 1.82) is 0 Å². The predicted octanol–water partition coefficient (Wildman–Crippen LogP) is -0.584. The number of nitrogens with one attached hydrogen (secondary N) is 3. The molecule has 1 aliphatic heterocycles. The lowest BCUT2D eigenvalue weighted by molar-refractivity contribution is -0.121. The lowest BCUT2D eigenvalue weighted by Gasteiger charge is -2.27. The first-order valence-electron chi connectivity index (χ1n) is 7.34. The summed E-state index contributed by atoms with van der Waals surface area (Å²) in [5.41, 5.74) is -0.342. The molecule has 3 N–H and O–H groups in total. The summed E-state index contributed by atoms with van der Waals surface area (Å²) in [5.74, 6) is 0.412. The second kappa shape index (κ2) is 6.15. The first-order chi connectivity index (χ1) is 10.6. The van der Waals surface area contributed by atoms with Crippen molar-refractivity contribution in [3.8, 4) is 0 Å². The molecule has 0 aliphatic carbocycles. The van der Waals surface area contributed by atoms with E-state index in [-0.39, 0.29) is 18.9 Å². The second-order valence-electron chi connectivity index (χ2n) is 5.51. The van der Waals surface area contributed by atoms with E-state index in [1.54, 1.807) is 24.3 Å². The first kappa shape index (κ1) is 14.5. The third-order valence-electron chi connectivity index (χ3n) is 3.92. The summed E-state index contributed by atoms with van der Waals surface area (Å²) in [6.45, 7) is 2.77. The quantitative estimate of drug-likeness (QED) is 0.688. The number of nitrogens with zero attached hydrogens (tertiary/aromatic N) is 1. The number of carbonyl (C=O) groups excluding carboxylic acids is 1. The van der Waals surface area contributed by atoms with E-state index < -0.39 is 11.2 Å². The number of H-pyrrole nitrogens is 1. The van der Waals surface area contributed by atoms with Gasteiger partial charge in [0, 0.05) is 38.5 Å². The van der Waals surface area contributed by atoms with Crippen LogP contribution in [0.2, 0.25) is 0 Å². The van der Waals surface area contributed by atoms with Crippen LogP contribution >= 0.6 is 0 Å². The molecule has 1 aromatic heterocycles. The molecule has 0 unspecified atom stereocenters. The Labute approximate surface area is 126 Å². The van der Waals surface area contributed by atoms with Crippen LogP contribution in [-0.4, -0.2) is 35.1 Å². The predicted molar refractivity (Wildman–Crippen MR) is 82.8 cm³/mol. The van der Waals surface area contributed by atoms with Crippen LogP contribution in [0.1, 0.15) is 6.42 Å². The Morgan fingerprint density at radius 1 is 1.27 bits per heavy atom. The summed E-state index contributed by atoms with van der Waals surface area (Å²) >= 11 is 0. The average molecular weight is 302 g/mol. The molecule has 0 spiro atoms. The highest BCUT2D eigenvalue weighted by Crippen LogP contribution is 2.07. The van der Waals surface area contributed by atoms with E-state index in [1.165, 1.54) is 4.57 Å². The number of benzene rings is 1. The van der Waals surface area contributed by atoms with Crippen molar-refractivity contribution in [2.75, 3.05) is 19.6 Å². The van der Waals surface area contributed by atoms with Gasteiger partial charge in [-0.25, -0.2) is 4.79 Å². The highest BCUT2D eigenvalue weighted by Gasteiger charge is 2.17. The molecule has 1 saturated heterocycles. The molecule has 7 heteroatoms. The molecular weight excluding hydrogens is 284 g/mol. The number of hydrogen-bond acceptors (Lipinski definition) is 4. The molecule has 2 heterocycles. The Kier molecular flexibility index (Phi) is 4.06. The number of aromatic amines is 1. The fourth-order valence-corrected chi connectivity index (χ4v) is 2.52. The van der Waals surface area contributed by atoms with Gasteiger partial charge in [-0.3, -0.25) is 19.1 Å². The number of aromatic nitrogens is 2. The van der Waals surface area contributed by atoms with Gasteiger partial charge in [-0.05, 0) is 12.1 Å². The molecule has 1 fully saturated rings. The molecule has 116 valence electrons. The summed E-state index contributed by atoms with van der Waals surface area (Å²) < 4.78 is 1.43. The number of para-hydroxylation sites is 1. The summed E-state index contributed by atoms with van der Waals surface area (Å²) in [7, 11) is 0. The fraction of sp³-hybridized carbons (Fsp3) is 0.400. The van der Waals surface area contributed by atoms with E-state index in [1.807, 2.05) is 0 Å². The minimum absolute atomic E-state index is 0.0888. The lowest BCUT2D eigenvalue weighted by atomic mass is 10.0. The van der Waals surface area contributed by atoms with Crippen molar-refractivity contribution in [2.45, 2.75) is 13.0 Å². The van der Waals surface area contributed by atoms with Crippen molar-refractivity contribution in [1.82, 2.24) is 20.2 Å². The number of aryl methyl sites for hydroxylation is 1. The van der Waals surface area contributed by atoms with E-state index in [0.29, 0.717) is 23.4 Å². The Balaban J connectivity index is 1.72. The van der Waals surface area contributed by atoms with E-state index in [0.717, 1.165) is 13.1 Å². The van der Waals surface area contributed by atoms with E-state index in [9.17, 15) is 14.4 Å². The van der Waals surface area contributed by atoms with E-state index in [2.05, 4.69) is 15.6 Å². The monoisotopic (exact) mass is 302 g/mol. The van der Waals surface area contributed by atoms with Crippen LogP contribution in [0, 0.1) is 5.92 Å². The van der Waals surface area contributed by atoms with Gasteiger partial charge >= 0.3 is 5.69 Å². The van der Waals surface area contributed by atoms with E-state index in [4.69, 9.17) is 0 Å². The maximum Gasteiger partial charge on any atom is 0.328 e. The van der Waals surface area contributed by atoms with Crippen molar-refractivity contribution < 1.29 is 4.79 Å². The number of carbonyl (C=O) groups is 1. The van der Waals surface area contributed by atoms with Crippen LogP contribution in [0.4, 0.5) is 0 Å². The number of amides is 1. The van der Waals surface area contributed by atoms with Crippen molar-refractivity contribution >= 4 is 16.8 Å². The van der Waals surface area contributed by atoms with Crippen LogP contribution in [-0.2, 0) is 11.3 Å². The topological polar surface area (TPSA) is 96.0 Å². The number of hydrogen-bond donors (Lipinski definition) is 3. The second-order valence-corrected chi connectivity index (χ2v) is 5.51. The SMILES string of the molecule is O=C(CCn1c(=O)[nH]c(=O)c2ccccc21)NCC1CNC1. The zero-order valence-corrected chi connectivity index (χ0v) is 12.1. The molecule has 0 saturated carbocycles. The van der Waals surface area contributed by atoms with Crippen LogP contribution in [0.25, 0.3) is 10.9 Å². The van der Waals surface area contributed by atoms with Crippen LogP contribution in [0.15, 0.2) is 33.9 Å². The molecule has 0 atom stereocenters. The zero-order chi connectivity index (χ0) is 15.5. The highest BCUT2D eigenvalue weighted by atomic mass is 16.2. The minimum Gasteiger partial charge on any atom is -0.356 e. The largest absolute Gasteiger partial charge is 0.356 e. The van der Waals surface area contributed by atoms with Gasteiger partial charge in [-0.15, -0.1) is 0 Å². The molecule has 1 aromatic carbocycles. The average Bonchev–Trinajstić information content (AvgIpc) is 2.45. The molecule has 3 rings (SSSR count). The molecule has 0 radical (unpaired) electrons. The van der Waals surface area contributed by atoms with Gasteiger partial charge in [-0.2, -0.15) is 0 Å². The smallest absolute Gasteiger partial charge is 0.328 e. The van der Waals surface area contributed by atoms with Gasteiger partial charge in [0.1, 0.15) is 0 Å². The molecule has 2 aromatic rings. The third kappa shape index (κ3) is 2.94. The molecule has 1 aliphatic rings. The number of fused-ring (bicyclic) bond motifs is 1. The summed E-state index contributed by atoms with van der Waals surface area (Å²) in [6.07, 6.45) is 0.204. The van der Waals surface area contributed by atoms with Gasteiger partial charge in [0.25, 0.3) is 5.56 Å². The Bertz CT molecular complexity index is 804. The summed E-state index contributed by atoms with van der Waals surface area (Å²) in [6, 6.07) is 6.88. The highest BCUT2D eigenvalue weighted by molar-refractivity contribution is 5.78. The Morgan fingerprint density at radius 3 is 2.77 bits per heavy atom. The van der Waals surface area contributed by atoms with Gasteiger partial charge in [0.2, 0.25) is 5.91 Å². The standard InChI is InChI=1S/C15H18N4O3/c20-13(17-9-10-7-16-8-10)5-6-19-12-4-2-1-3-11(12)14(21)18-15(19)22/h1-4,10,16H,5-9H2,(H,17,20)(H,18,21,22). The maximum absolute atomic E-state index is 12.0. The summed E-state index contributed by atoms with van der Waals surface area (Å²) in [4.78, 5) is 37.9. The lowest BCUT2D eigenvalue weighted by Crippen LogP contribution is -2.48. The van der Waals surface area contributed by atoms with Crippen LogP contribution < -0.4 is 21.9 Å². The third-order valence-corrected chi connectivity index (χ3v) is 3.92. The van der Waals surface area contributed by atoms with E-state index >= 15 is 0 Å².